The van der Waals surface area contributed by atoms with Gasteiger partial charge in [-0.05, 0) is 48.9 Å². The largest absolute Gasteiger partial charge is 0.493 e. The molecule has 8 nitrogen and oxygen atoms in total. The summed E-state index contributed by atoms with van der Waals surface area (Å²) in [7, 11) is 1.42. The fourth-order valence-electron chi connectivity index (χ4n) is 4.65. The molecule has 1 atom stereocenters. The van der Waals surface area contributed by atoms with Gasteiger partial charge in [-0.3, -0.25) is 5.01 Å². The van der Waals surface area contributed by atoms with E-state index in [1.165, 1.54) is 6.26 Å². The molecule has 0 N–H and O–H groups in total. The van der Waals surface area contributed by atoms with Crippen LogP contribution in [0.4, 0.5) is 5.69 Å². The molecular formula is C29H29N3O5S2. The fourth-order valence-corrected chi connectivity index (χ4v) is 6.35. The first-order valence-electron chi connectivity index (χ1n) is 12.2. The van der Waals surface area contributed by atoms with Crippen LogP contribution in [0.3, 0.4) is 0 Å². The average molecular weight is 564 g/mol. The van der Waals surface area contributed by atoms with E-state index in [1.807, 2.05) is 54.4 Å². The van der Waals surface area contributed by atoms with E-state index in [0.29, 0.717) is 23.7 Å². The minimum atomic E-state index is -3.33. The van der Waals surface area contributed by atoms with Crippen LogP contribution in [0.1, 0.15) is 28.6 Å². The number of benzene rings is 3. The van der Waals surface area contributed by atoms with Crippen molar-refractivity contribution in [3.63, 3.8) is 0 Å². The highest BCUT2D eigenvalue weighted by Crippen LogP contribution is 2.45. The van der Waals surface area contributed by atoms with Crippen LogP contribution >= 0.6 is 11.3 Å². The summed E-state index contributed by atoms with van der Waals surface area (Å²) in [5.41, 5.74) is 4.56. The maximum Gasteiger partial charge on any atom is 0.203 e. The van der Waals surface area contributed by atoms with Crippen molar-refractivity contribution in [2.45, 2.75) is 24.3 Å². The Bertz CT molecular complexity index is 1610. The summed E-state index contributed by atoms with van der Waals surface area (Å²) in [6, 6.07) is 20.5. The molecule has 3 aromatic carbocycles. The predicted octanol–water partition coefficient (Wildman–Crippen LogP) is 5.90. The van der Waals surface area contributed by atoms with Gasteiger partial charge in [0.1, 0.15) is 5.01 Å². The first-order chi connectivity index (χ1) is 18.7. The maximum atomic E-state index is 12.1. The smallest absolute Gasteiger partial charge is 0.203 e. The van der Waals surface area contributed by atoms with Gasteiger partial charge in [0.25, 0.3) is 0 Å². The minimum absolute atomic E-state index is 0.209. The fraction of sp³-hybridized carbons (Fsp3) is 0.241. The number of sulfone groups is 1. The van der Waals surface area contributed by atoms with Gasteiger partial charge in [0.15, 0.2) is 21.3 Å². The third kappa shape index (κ3) is 5.22. The van der Waals surface area contributed by atoms with Crippen LogP contribution in [0.5, 0.6) is 17.2 Å². The van der Waals surface area contributed by atoms with Crippen molar-refractivity contribution in [3.05, 3.63) is 82.9 Å². The molecule has 39 heavy (non-hydrogen) atoms. The number of hydrogen-bond donors (Lipinski definition) is 0. The van der Waals surface area contributed by atoms with Gasteiger partial charge in [-0.2, -0.15) is 5.10 Å². The van der Waals surface area contributed by atoms with Crippen LogP contribution in [0.15, 0.2) is 76.7 Å². The Kier molecular flexibility index (Phi) is 7.33. The van der Waals surface area contributed by atoms with Gasteiger partial charge in [0.2, 0.25) is 5.75 Å². The molecule has 0 aliphatic carbocycles. The Morgan fingerprint density at radius 3 is 2.13 bits per heavy atom. The molecule has 0 bridgehead atoms. The SMILES string of the molecule is COc1cc([C@@H]2CC(c3sc(-c4ccccc4)nc3C)=NN2c2ccc(S(C)(=O)=O)cc2)cc(OC)c1OC. The normalized spacial score (nSPS) is 15.3. The molecule has 0 spiro atoms. The Morgan fingerprint density at radius 2 is 1.56 bits per heavy atom. The van der Waals surface area contributed by atoms with Gasteiger partial charge in [0, 0.05) is 18.2 Å². The number of thiazole rings is 1. The van der Waals surface area contributed by atoms with E-state index in [-0.39, 0.29) is 10.9 Å². The second-order valence-corrected chi connectivity index (χ2v) is 12.2. The van der Waals surface area contributed by atoms with Gasteiger partial charge in [0.05, 0.1) is 54.2 Å². The molecule has 0 saturated heterocycles. The second-order valence-electron chi connectivity index (χ2n) is 9.14. The van der Waals surface area contributed by atoms with Crippen LogP contribution in [-0.2, 0) is 9.84 Å². The molecular weight excluding hydrogens is 534 g/mol. The van der Waals surface area contributed by atoms with Gasteiger partial charge >= 0.3 is 0 Å². The molecule has 1 aliphatic heterocycles. The summed E-state index contributed by atoms with van der Waals surface area (Å²) in [4.78, 5) is 6.10. The van der Waals surface area contributed by atoms with Crippen molar-refractivity contribution in [2.24, 2.45) is 5.10 Å². The summed E-state index contributed by atoms with van der Waals surface area (Å²) in [5.74, 6) is 1.61. The molecule has 0 amide bonds. The second kappa shape index (κ2) is 10.7. The molecule has 1 aromatic heterocycles. The van der Waals surface area contributed by atoms with Crippen LogP contribution < -0.4 is 19.2 Å². The number of ether oxygens (including phenoxy) is 3. The lowest BCUT2D eigenvalue weighted by Crippen LogP contribution is -2.19. The molecule has 0 unspecified atom stereocenters. The highest BCUT2D eigenvalue weighted by atomic mass is 32.2. The van der Waals surface area contributed by atoms with E-state index in [1.54, 1.807) is 56.9 Å². The van der Waals surface area contributed by atoms with Crippen molar-refractivity contribution in [3.8, 4) is 27.8 Å². The zero-order valence-corrected chi connectivity index (χ0v) is 24.0. The third-order valence-electron chi connectivity index (χ3n) is 6.59. The maximum absolute atomic E-state index is 12.1. The number of methoxy groups -OCH3 is 3. The lowest BCUT2D eigenvalue weighted by Gasteiger charge is -2.25. The zero-order chi connectivity index (χ0) is 27.7. The molecule has 0 radical (unpaired) electrons. The van der Waals surface area contributed by atoms with Crippen molar-refractivity contribution in [1.29, 1.82) is 0 Å². The Morgan fingerprint density at radius 1 is 0.923 bits per heavy atom. The lowest BCUT2D eigenvalue weighted by atomic mass is 9.99. The molecule has 2 heterocycles. The van der Waals surface area contributed by atoms with Crippen molar-refractivity contribution in [2.75, 3.05) is 32.6 Å². The van der Waals surface area contributed by atoms with E-state index in [0.717, 1.165) is 38.1 Å². The molecule has 0 saturated carbocycles. The van der Waals surface area contributed by atoms with Gasteiger partial charge in [-0.25, -0.2) is 13.4 Å². The summed E-state index contributed by atoms with van der Waals surface area (Å²) in [5, 5.41) is 7.91. The summed E-state index contributed by atoms with van der Waals surface area (Å²) in [6.07, 6.45) is 1.80. The lowest BCUT2D eigenvalue weighted by molar-refractivity contribution is 0.323. The summed E-state index contributed by atoms with van der Waals surface area (Å²) < 4.78 is 40.9. The standard InChI is InChI=1S/C29H29N3O5S2/c1-18-28(38-29(30-18)19-9-7-6-8-10-19)23-17-24(20-15-25(35-2)27(37-4)26(16-20)36-3)32(31-23)21-11-13-22(14-12-21)39(5,33)34/h6-16,24H,17H2,1-5H3/t24-/m0/s1. The topological polar surface area (TPSA) is 90.3 Å². The van der Waals surface area contributed by atoms with Crippen molar-refractivity contribution < 1.29 is 22.6 Å². The zero-order valence-electron chi connectivity index (χ0n) is 22.3. The van der Waals surface area contributed by atoms with Crippen LogP contribution in [-0.4, -0.2) is 46.7 Å². The number of aromatic nitrogens is 1. The average Bonchev–Trinajstić information content (AvgIpc) is 3.56. The van der Waals surface area contributed by atoms with Gasteiger partial charge in [-0.1, -0.05) is 30.3 Å². The number of aryl methyl sites for hydroxylation is 1. The number of anilines is 1. The monoisotopic (exact) mass is 563 g/mol. The first-order valence-corrected chi connectivity index (χ1v) is 14.9. The van der Waals surface area contributed by atoms with Gasteiger partial charge < -0.3 is 14.2 Å². The van der Waals surface area contributed by atoms with Crippen molar-refractivity contribution in [1.82, 2.24) is 4.98 Å². The van der Waals surface area contributed by atoms with E-state index >= 15 is 0 Å². The minimum Gasteiger partial charge on any atom is -0.493 e. The molecule has 202 valence electrons. The Labute approximate surface area is 232 Å². The highest BCUT2D eigenvalue weighted by molar-refractivity contribution is 7.90. The highest BCUT2D eigenvalue weighted by Gasteiger charge is 2.33. The summed E-state index contributed by atoms with van der Waals surface area (Å²) >= 11 is 1.61. The number of rotatable bonds is 8. The van der Waals surface area contributed by atoms with E-state index in [9.17, 15) is 8.42 Å². The van der Waals surface area contributed by atoms with Crippen molar-refractivity contribution >= 4 is 32.6 Å². The van der Waals surface area contributed by atoms with E-state index in [4.69, 9.17) is 24.3 Å². The van der Waals surface area contributed by atoms with E-state index in [2.05, 4.69) is 0 Å². The number of hydrogen-bond acceptors (Lipinski definition) is 9. The third-order valence-corrected chi connectivity index (χ3v) is 8.98. The van der Waals surface area contributed by atoms with E-state index < -0.39 is 9.84 Å². The number of hydrazone groups is 1. The van der Waals surface area contributed by atoms with Gasteiger partial charge in [-0.15, -0.1) is 11.3 Å². The van der Waals surface area contributed by atoms with Crippen LogP contribution in [0, 0.1) is 6.92 Å². The molecule has 0 fully saturated rings. The predicted molar refractivity (Wildman–Crippen MR) is 154 cm³/mol. The quantitative estimate of drug-likeness (QED) is 0.264. The van der Waals surface area contributed by atoms with Crippen LogP contribution in [0.2, 0.25) is 0 Å². The molecule has 10 heteroatoms. The molecule has 4 aromatic rings. The Hall–Kier alpha value is -3.89. The molecule has 1 aliphatic rings. The molecule has 5 rings (SSSR count). The number of nitrogens with zero attached hydrogens (tertiary/aromatic N) is 3. The first kappa shape index (κ1) is 26.7. The summed E-state index contributed by atoms with van der Waals surface area (Å²) in [6.45, 7) is 2.00. The van der Waals surface area contributed by atoms with Crippen LogP contribution in [0.25, 0.3) is 10.6 Å². The Balaban J connectivity index is 1.61.